The Balaban J connectivity index is 1.75. The summed E-state index contributed by atoms with van der Waals surface area (Å²) in [6.45, 7) is 0. The zero-order valence-electron chi connectivity index (χ0n) is 14.3. The zero-order chi connectivity index (χ0) is 18.4. The fourth-order valence-electron chi connectivity index (χ4n) is 3.68. The van der Waals surface area contributed by atoms with Gasteiger partial charge in [-0.3, -0.25) is 0 Å². The van der Waals surface area contributed by atoms with Gasteiger partial charge in [0.1, 0.15) is 0 Å². The van der Waals surface area contributed by atoms with Gasteiger partial charge in [0, 0.05) is 16.5 Å². The van der Waals surface area contributed by atoms with E-state index in [9.17, 15) is 0 Å². The Morgan fingerprint density at radius 3 is 2.04 bits per heavy atom. The van der Waals surface area contributed by atoms with Crippen molar-refractivity contribution in [2.24, 2.45) is 0 Å². The van der Waals surface area contributed by atoms with E-state index in [0.29, 0.717) is 10.0 Å². The van der Waals surface area contributed by atoms with Crippen LogP contribution >= 0.6 is 23.2 Å². The Kier molecular flexibility index (Phi) is 3.93. The van der Waals surface area contributed by atoms with E-state index in [2.05, 4.69) is 59.9 Å². The van der Waals surface area contributed by atoms with Gasteiger partial charge in [-0.2, -0.15) is 0 Å². The Morgan fingerprint density at radius 2 is 1.19 bits per heavy atom. The first-order valence-electron chi connectivity index (χ1n) is 8.76. The van der Waals surface area contributed by atoms with E-state index in [1.165, 1.54) is 21.5 Å². The monoisotopic (exact) mass is 387 g/mol. The van der Waals surface area contributed by atoms with Crippen LogP contribution in [0.2, 0.25) is 10.0 Å². The van der Waals surface area contributed by atoms with Crippen LogP contribution in [0.5, 0.6) is 0 Å². The number of halogens is 2. The van der Waals surface area contributed by atoms with Crippen LogP contribution in [-0.4, -0.2) is 0 Å². The highest BCUT2D eigenvalue weighted by molar-refractivity contribution is 6.47. The Bertz CT molecular complexity index is 1320. The molecule has 5 rings (SSSR count). The average molecular weight is 388 g/mol. The number of nitrogens with one attached hydrogen (secondary N) is 1. The molecule has 1 N–H and O–H groups in total. The van der Waals surface area contributed by atoms with Gasteiger partial charge >= 0.3 is 0 Å². The molecule has 0 fully saturated rings. The van der Waals surface area contributed by atoms with Gasteiger partial charge in [0.15, 0.2) is 0 Å². The molecule has 0 heterocycles. The van der Waals surface area contributed by atoms with Gasteiger partial charge in [-0.25, -0.2) is 0 Å². The van der Waals surface area contributed by atoms with E-state index >= 15 is 0 Å². The molecule has 0 atom stereocenters. The maximum absolute atomic E-state index is 6.60. The van der Waals surface area contributed by atoms with E-state index in [0.717, 1.165) is 22.1 Å². The summed E-state index contributed by atoms with van der Waals surface area (Å²) in [6, 6.07) is 29.0. The lowest BCUT2D eigenvalue weighted by Gasteiger charge is -2.15. The number of fused-ring (bicyclic) bond motifs is 4. The van der Waals surface area contributed by atoms with Crippen molar-refractivity contribution in [2.45, 2.75) is 0 Å². The van der Waals surface area contributed by atoms with Crippen LogP contribution < -0.4 is 5.32 Å². The normalized spacial score (nSPS) is 11.3. The molecule has 0 saturated heterocycles. The third-order valence-electron chi connectivity index (χ3n) is 4.96. The fourth-order valence-corrected chi connectivity index (χ4v) is 4.16. The second-order valence-electron chi connectivity index (χ2n) is 6.59. The maximum Gasteiger partial charge on any atom is 0.0833 e. The fraction of sp³-hybridized carbons (Fsp3) is 0. The Morgan fingerprint density at radius 1 is 0.519 bits per heavy atom. The van der Waals surface area contributed by atoms with Gasteiger partial charge in [-0.05, 0) is 33.7 Å². The van der Waals surface area contributed by atoms with Crippen molar-refractivity contribution < 1.29 is 0 Å². The minimum Gasteiger partial charge on any atom is -0.354 e. The largest absolute Gasteiger partial charge is 0.354 e. The summed E-state index contributed by atoms with van der Waals surface area (Å²) >= 11 is 13.1. The van der Waals surface area contributed by atoms with E-state index in [1.54, 1.807) is 0 Å². The SMILES string of the molecule is Clc1c(Nc2cccc3ccc4ccccc4c23)cc2ccccc2c1Cl. The van der Waals surface area contributed by atoms with Gasteiger partial charge in [0.05, 0.1) is 15.7 Å². The van der Waals surface area contributed by atoms with Crippen molar-refractivity contribution in [3.8, 4) is 0 Å². The highest BCUT2D eigenvalue weighted by atomic mass is 35.5. The Labute approximate surface area is 167 Å². The quantitative estimate of drug-likeness (QED) is 0.301. The van der Waals surface area contributed by atoms with Crippen molar-refractivity contribution in [1.82, 2.24) is 0 Å². The summed E-state index contributed by atoms with van der Waals surface area (Å²) in [4.78, 5) is 0. The van der Waals surface area contributed by atoms with Crippen LogP contribution in [0.1, 0.15) is 0 Å². The molecular formula is C24H15Cl2N. The first-order chi connectivity index (χ1) is 13.2. The molecule has 0 amide bonds. The number of anilines is 2. The van der Waals surface area contributed by atoms with E-state index in [1.807, 2.05) is 30.3 Å². The molecular weight excluding hydrogens is 373 g/mol. The van der Waals surface area contributed by atoms with Crippen LogP contribution in [0.3, 0.4) is 0 Å². The minimum absolute atomic E-state index is 0.535. The van der Waals surface area contributed by atoms with Gasteiger partial charge in [0.2, 0.25) is 0 Å². The minimum atomic E-state index is 0.535. The summed E-state index contributed by atoms with van der Waals surface area (Å²) < 4.78 is 0. The van der Waals surface area contributed by atoms with Gasteiger partial charge < -0.3 is 5.32 Å². The van der Waals surface area contributed by atoms with Crippen LogP contribution in [0, 0.1) is 0 Å². The van der Waals surface area contributed by atoms with Crippen LogP contribution in [0.4, 0.5) is 11.4 Å². The predicted molar refractivity (Wildman–Crippen MR) is 119 cm³/mol. The molecule has 130 valence electrons. The third-order valence-corrected chi connectivity index (χ3v) is 5.85. The summed E-state index contributed by atoms with van der Waals surface area (Å²) in [5.74, 6) is 0. The molecule has 1 nitrogen and oxygen atoms in total. The first-order valence-corrected chi connectivity index (χ1v) is 9.52. The lowest BCUT2D eigenvalue weighted by molar-refractivity contribution is 1.60. The van der Waals surface area contributed by atoms with Crippen molar-refractivity contribution in [1.29, 1.82) is 0 Å². The van der Waals surface area contributed by atoms with Crippen molar-refractivity contribution in [3.05, 3.63) is 95.0 Å². The summed E-state index contributed by atoms with van der Waals surface area (Å²) in [5, 5.41) is 11.4. The second kappa shape index (κ2) is 6.45. The number of rotatable bonds is 2. The predicted octanol–water partition coefficient (Wildman–Crippen LogP) is 8.20. The van der Waals surface area contributed by atoms with Gasteiger partial charge in [0.25, 0.3) is 0 Å². The molecule has 5 aromatic rings. The van der Waals surface area contributed by atoms with Crippen LogP contribution in [0.15, 0.2) is 84.9 Å². The molecule has 0 aliphatic heterocycles. The van der Waals surface area contributed by atoms with Crippen molar-refractivity contribution >= 4 is 66.9 Å². The third kappa shape index (κ3) is 2.71. The number of hydrogen-bond donors (Lipinski definition) is 1. The lowest BCUT2D eigenvalue weighted by Crippen LogP contribution is -1.94. The Hall–Kier alpha value is -2.74. The maximum atomic E-state index is 6.60. The van der Waals surface area contributed by atoms with E-state index in [-0.39, 0.29) is 0 Å². The van der Waals surface area contributed by atoms with Crippen molar-refractivity contribution in [3.63, 3.8) is 0 Å². The van der Waals surface area contributed by atoms with Gasteiger partial charge in [-0.15, -0.1) is 0 Å². The molecule has 0 bridgehead atoms. The van der Waals surface area contributed by atoms with Crippen molar-refractivity contribution in [2.75, 3.05) is 5.32 Å². The molecule has 0 radical (unpaired) electrons. The molecule has 0 unspecified atom stereocenters. The summed E-state index contributed by atoms with van der Waals surface area (Å²) in [7, 11) is 0. The van der Waals surface area contributed by atoms with Gasteiger partial charge in [-0.1, -0.05) is 96.0 Å². The highest BCUT2D eigenvalue weighted by Gasteiger charge is 2.12. The molecule has 0 aromatic heterocycles. The van der Waals surface area contributed by atoms with Crippen LogP contribution in [-0.2, 0) is 0 Å². The highest BCUT2D eigenvalue weighted by Crippen LogP contribution is 2.40. The molecule has 5 aromatic carbocycles. The number of hydrogen-bond acceptors (Lipinski definition) is 1. The average Bonchev–Trinajstić information content (AvgIpc) is 2.72. The molecule has 0 spiro atoms. The zero-order valence-corrected chi connectivity index (χ0v) is 15.9. The van der Waals surface area contributed by atoms with E-state index in [4.69, 9.17) is 23.2 Å². The smallest absolute Gasteiger partial charge is 0.0833 e. The first kappa shape index (κ1) is 16.4. The molecule has 3 heteroatoms. The summed E-state index contributed by atoms with van der Waals surface area (Å²) in [6.07, 6.45) is 0. The standard InChI is InChI=1S/C24H15Cl2N/c25-23-19-10-4-2-7-17(19)14-21(24(23)26)27-20-11-5-8-16-13-12-15-6-1-3-9-18(15)22(16)20/h1-14,27H. The molecule has 0 aliphatic rings. The lowest BCUT2D eigenvalue weighted by atomic mass is 10.0. The topological polar surface area (TPSA) is 12.0 Å². The summed E-state index contributed by atoms with van der Waals surface area (Å²) in [5.41, 5.74) is 1.82. The second-order valence-corrected chi connectivity index (χ2v) is 7.34. The van der Waals surface area contributed by atoms with Crippen LogP contribution in [0.25, 0.3) is 32.3 Å². The molecule has 27 heavy (non-hydrogen) atoms. The number of benzene rings is 5. The molecule has 0 aliphatic carbocycles. The molecule has 0 saturated carbocycles. The van der Waals surface area contributed by atoms with E-state index < -0.39 is 0 Å².